The van der Waals surface area contributed by atoms with Crippen molar-refractivity contribution in [3.05, 3.63) is 98.4 Å². The van der Waals surface area contributed by atoms with Crippen molar-refractivity contribution >= 4 is 66.7 Å². The molecule has 0 aliphatic heterocycles. The topological polar surface area (TPSA) is 86.8 Å². The highest BCUT2D eigenvalue weighted by molar-refractivity contribution is 9.10. The van der Waals surface area contributed by atoms with E-state index in [1.807, 2.05) is 44.2 Å². The molecule has 0 aliphatic rings. The summed E-state index contributed by atoms with van der Waals surface area (Å²) in [5, 5.41) is 3.66. The number of hydrogen-bond acceptors (Lipinski definition) is 4. The largest absolute Gasteiger partial charge is 0.352 e. The zero-order valence-corrected chi connectivity index (χ0v) is 26.4. The van der Waals surface area contributed by atoms with Gasteiger partial charge in [-0.3, -0.25) is 13.9 Å². The first kappa shape index (κ1) is 31.9. The fourth-order valence-electron chi connectivity index (χ4n) is 4.07. The Kier molecular flexibility index (Phi) is 11.5. The van der Waals surface area contributed by atoms with Gasteiger partial charge in [0.15, 0.2) is 0 Å². The summed E-state index contributed by atoms with van der Waals surface area (Å²) in [7, 11) is -3.85. The molecule has 2 atom stereocenters. The molecule has 0 bridgehead atoms. The Bertz CT molecular complexity index is 1440. The number of amides is 2. The number of nitrogens with one attached hydrogen (secondary N) is 1. The van der Waals surface area contributed by atoms with Crippen LogP contribution >= 0.6 is 39.1 Å². The van der Waals surface area contributed by atoms with Gasteiger partial charge in [0, 0.05) is 23.5 Å². The van der Waals surface area contributed by atoms with Crippen molar-refractivity contribution in [3.63, 3.8) is 0 Å². The Morgan fingerprint density at radius 1 is 0.950 bits per heavy atom. The van der Waals surface area contributed by atoms with Gasteiger partial charge in [-0.2, -0.15) is 0 Å². The van der Waals surface area contributed by atoms with Crippen LogP contribution in [0.4, 0.5) is 5.69 Å². The second kappa shape index (κ2) is 14.3. The van der Waals surface area contributed by atoms with Crippen molar-refractivity contribution < 1.29 is 18.0 Å². The molecule has 0 radical (unpaired) electrons. The predicted molar refractivity (Wildman–Crippen MR) is 165 cm³/mol. The van der Waals surface area contributed by atoms with Gasteiger partial charge in [-0.25, -0.2) is 8.42 Å². The van der Waals surface area contributed by atoms with Crippen LogP contribution in [-0.2, 0) is 32.6 Å². The second-order valence-electron chi connectivity index (χ2n) is 9.54. The van der Waals surface area contributed by atoms with Crippen LogP contribution in [0.2, 0.25) is 10.0 Å². The molecule has 1 N–H and O–H groups in total. The fraction of sp³-hybridized carbons (Fsp3) is 0.310. The van der Waals surface area contributed by atoms with Crippen molar-refractivity contribution in [2.24, 2.45) is 0 Å². The lowest BCUT2D eigenvalue weighted by Crippen LogP contribution is -2.54. The molecular weight excluding hydrogens is 637 g/mol. The van der Waals surface area contributed by atoms with Crippen LogP contribution in [-0.4, -0.2) is 50.0 Å². The van der Waals surface area contributed by atoms with Crippen LogP contribution in [0.15, 0.2) is 77.3 Å². The molecule has 214 valence electrons. The van der Waals surface area contributed by atoms with Gasteiger partial charge in [-0.1, -0.05) is 88.5 Å². The lowest BCUT2D eigenvalue weighted by Gasteiger charge is -2.34. The third-order valence-electron chi connectivity index (χ3n) is 6.38. The van der Waals surface area contributed by atoms with Crippen LogP contribution in [0, 0.1) is 0 Å². The Morgan fingerprint density at radius 3 is 2.25 bits per heavy atom. The minimum absolute atomic E-state index is 0.0111. The highest BCUT2D eigenvalue weighted by Gasteiger charge is 2.33. The van der Waals surface area contributed by atoms with E-state index >= 15 is 0 Å². The molecule has 0 aromatic heterocycles. The van der Waals surface area contributed by atoms with Crippen molar-refractivity contribution in [3.8, 4) is 0 Å². The van der Waals surface area contributed by atoms with Gasteiger partial charge in [-0.05, 0) is 54.8 Å². The number of nitrogens with zero attached hydrogens (tertiary/aromatic N) is 2. The minimum atomic E-state index is -3.85. The summed E-state index contributed by atoms with van der Waals surface area (Å²) in [6.07, 6.45) is 1.97. The zero-order chi connectivity index (χ0) is 29.4. The van der Waals surface area contributed by atoms with E-state index in [0.717, 1.165) is 16.1 Å². The molecule has 40 heavy (non-hydrogen) atoms. The maximum absolute atomic E-state index is 14.1. The van der Waals surface area contributed by atoms with Crippen molar-refractivity contribution in [1.29, 1.82) is 0 Å². The SMILES string of the molecule is CC[C@H](C)NC(=O)[C@H](Cc1ccccc1)N(Cc1ccc(Cl)c(Cl)c1)C(=O)CN(c1cccc(Br)c1)S(C)(=O)=O. The standard InChI is InChI=1S/C29H32BrCl2N3O4S/c1-4-20(2)33-29(37)27(16-21-9-6-5-7-10-21)34(18-22-13-14-25(31)26(32)15-22)28(36)19-35(40(3,38)39)24-12-8-11-23(30)17-24/h5-15,17,20,27H,4,16,18-19H2,1-3H3,(H,33,37)/t20-,27-/m0/s1. The predicted octanol–water partition coefficient (Wildman–Crippen LogP) is 6.08. The lowest BCUT2D eigenvalue weighted by molar-refractivity contribution is -0.140. The second-order valence-corrected chi connectivity index (χ2v) is 13.2. The molecule has 3 rings (SSSR count). The first-order chi connectivity index (χ1) is 18.9. The number of sulfonamides is 1. The third kappa shape index (κ3) is 8.96. The van der Waals surface area contributed by atoms with Crippen LogP contribution < -0.4 is 9.62 Å². The molecule has 0 saturated heterocycles. The van der Waals surface area contributed by atoms with Gasteiger partial charge in [-0.15, -0.1) is 0 Å². The number of rotatable bonds is 12. The summed E-state index contributed by atoms with van der Waals surface area (Å²) in [6, 6.07) is 20.0. The molecule has 0 aliphatic carbocycles. The van der Waals surface area contributed by atoms with E-state index in [4.69, 9.17) is 23.2 Å². The van der Waals surface area contributed by atoms with Crippen molar-refractivity contribution in [1.82, 2.24) is 10.2 Å². The van der Waals surface area contributed by atoms with Crippen molar-refractivity contribution in [2.45, 2.75) is 45.3 Å². The maximum atomic E-state index is 14.1. The first-order valence-electron chi connectivity index (χ1n) is 12.7. The Morgan fingerprint density at radius 2 is 1.65 bits per heavy atom. The summed E-state index contributed by atoms with van der Waals surface area (Å²) in [4.78, 5) is 29.2. The summed E-state index contributed by atoms with van der Waals surface area (Å²) in [6.45, 7) is 3.36. The molecule has 11 heteroatoms. The summed E-state index contributed by atoms with van der Waals surface area (Å²) in [5.74, 6) is -0.878. The van der Waals surface area contributed by atoms with E-state index in [1.54, 1.807) is 42.5 Å². The molecular formula is C29H32BrCl2N3O4S. The minimum Gasteiger partial charge on any atom is -0.352 e. The summed E-state index contributed by atoms with van der Waals surface area (Å²) in [5.41, 5.74) is 1.82. The normalized spacial score (nSPS) is 12.8. The van der Waals surface area contributed by atoms with Gasteiger partial charge >= 0.3 is 0 Å². The quantitative estimate of drug-likeness (QED) is 0.254. The van der Waals surface area contributed by atoms with E-state index in [0.29, 0.717) is 32.2 Å². The van der Waals surface area contributed by atoms with E-state index in [1.165, 1.54) is 4.90 Å². The van der Waals surface area contributed by atoms with Crippen LogP contribution in [0.5, 0.6) is 0 Å². The van der Waals surface area contributed by atoms with Gasteiger partial charge in [0.25, 0.3) is 0 Å². The molecule has 3 aromatic rings. The maximum Gasteiger partial charge on any atom is 0.244 e. The van der Waals surface area contributed by atoms with Crippen LogP contribution in [0.1, 0.15) is 31.4 Å². The monoisotopic (exact) mass is 667 g/mol. The summed E-state index contributed by atoms with van der Waals surface area (Å²) >= 11 is 15.8. The average Bonchev–Trinajstić information content (AvgIpc) is 2.90. The smallest absolute Gasteiger partial charge is 0.244 e. The Hall–Kier alpha value is -2.59. The van der Waals surface area contributed by atoms with Gasteiger partial charge < -0.3 is 10.2 Å². The molecule has 0 heterocycles. The highest BCUT2D eigenvalue weighted by atomic mass is 79.9. The number of benzene rings is 3. The molecule has 0 unspecified atom stereocenters. The van der Waals surface area contributed by atoms with Gasteiger partial charge in [0.05, 0.1) is 22.0 Å². The molecule has 0 spiro atoms. The molecule has 2 amide bonds. The fourth-order valence-corrected chi connectivity index (χ4v) is 5.62. The summed E-state index contributed by atoms with van der Waals surface area (Å²) < 4.78 is 27.4. The first-order valence-corrected chi connectivity index (χ1v) is 16.1. The van der Waals surface area contributed by atoms with Crippen molar-refractivity contribution in [2.75, 3.05) is 17.1 Å². The number of anilines is 1. The van der Waals surface area contributed by atoms with Gasteiger partial charge in [0.2, 0.25) is 21.8 Å². The zero-order valence-electron chi connectivity index (χ0n) is 22.5. The van der Waals surface area contributed by atoms with E-state index in [2.05, 4.69) is 21.2 Å². The van der Waals surface area contributed by atoms with E-state index in [9.17, 15) is 18.0 Å². The number of carbonyl (C=O) groups is 2. The molecule has 3 aromatic carbocycles. The van der Waals surface area contributed by atoms with Crippen LogP contribution in [0.3, 0.4) is 0 Å². The third-order valence-corrected chi connectivity index (χ3v) is 8.76. The highest BCUT2D eigenvalue weighted by Crippen LogP contribution is 2.26. The van der Waals surface area contributed by atoms with Crippen LogP contribution in [0.25, 0.3) is 0 Å². The average molecular weight is 669 g/mol. The molecule has 7 nitrogen and oxygen atoms in total. The van der Waals surface area contributed by atoms with E-state index in [-0.39, 0.29) is 24.9 Å². The molecule has 0 fully saturated rings. The number of carbonyl (C=O) groups excluding carboxylic acids is 2. The van der Waals surface area contributed by atoms with Gasteiger partial charge in [0.1, 0.15) is 12.6 Å². The number of halogens is 3. The lowest BCUT2D eigenvalue weighted by atomic mass is 10.0. The Labute approximate surface area is 254 Å². The Balaban J connectivity index is 2.08. The number of hydrogen-bond donors (Lipinski definition) is 1. The van der Waals surface area contributed by atoms with E-state index < -0.39 is 28.5 Å². The molecule has 0 saturated carbocycles.